The van der Waals surface area contributed by atoms with Gasteiger partial charge in [-0.15, -0.1) is 0 Å². The highest BCUT2D eigenvalue weighted by Crippen LogP contribution is 2.29. The molecule has 3 nitrogen and oxygen atoms in total. The molecule has 1 aromatic carbocycles. The van der Waals surface area contributed by atoms with E-state index < -0.39 is 0 Å². The highest BCUT2D eigenvalue weighted by atomic mass is 16.5. The zero-order valence-corrected chi connectivity index (χ0v) is 13.5. The number of rotatable bonds is 8. The minimum Gasteiger partial charge on any atom is -0.490 e. The van der Waals surface area contributed by atoms with Gasteiger partial charge in [0, 0.05) is 12.6 Å². The predicted molar refractivity (Wildman–Crippen MR) is 87.1 cm³/mol. The molecular formula is C18H29NO2. The van der Waals surface area contributed by atoms with Crippen molar-refractivity contribution in [2.75, 3.05) is 13.2 Å². The van der Waals surface area contributed by atoms with Gasteiger partial charge in [-0.3, -0.25) is 0 Å². The number of ether oxygens (including phenoxy) is 2. The molecule has 3 heteroatoms. The van der Waals surface area contributed by atoms with E-state index in [1.807, 2.05) is 13.0 Å². The molecule has 2 rings (SSSR count). The van der Waals surface area contributed by atoms with E-state index in [1.54, 1.807) is 0 Å². The fourth-order valence-corrected chi connectivity index (χ4v) is 2.83. The average molecular weight is 291 g/mol. The van der Waals surface area contributed by atoms with Crippen LogP contribution in [0.2, 0.25) is 0 Å². The molecule has 1 saturated carbocycles. The fourth-order valence-electron chi connectivity index (χ4n) is 2.83. The molecule has 0 aliphatic heterocycles. The van der Waals surface area contributed by atoms with Gasteiger partial charge in [0.05, 0.1) is 13.2 Å². The summed E-state index contributed by atoms with van der Waals surface area (Å²) in [7, 11) is 0. The molecule has 0 aromatic heterocycles. The van der Waals surface area contributed by atoms with Crippen LogP contribution in [0.4, 0.5) is 0 Å². The lowest BCUT2D eigenvalue weighted by Crippen LogP contribution is -2.30. The topological polar surface area (TPSA) is 30.5 Å². The van der Waals surface area contributed by atoms with E-state index in [9.17, 15) is 0 Å². The van der Waals surface area contributed by atoms with Crippen LogP contribution in [-0.2, 0) is 6.54 Å². The highest BCUT2D eigenvalue weighted by Gasteiger charge is 2.13. The lowest BCUT2D eigenvalue weighted by atomic mass is 9.95. The Balaban J connectivity index is 1.93. The van der Waals surface area contributed by atoms with Crippen molar-refractivity contribution in [3.05, 3.63) is 23.8 Å². The van der Waals surface area contributed by atoms with Crippen molar-refractivity contribution in [2.45, 2.75) is 65.0 Å². The Bertz CT molecular complexity index is 414. The maximum atomic E-state index is 5.74. The second kappa shape index (κ2) is 8.93. The first kappa shape index (κ1) is 16.2. The third-order valence-corrected chi connectivity index (χ3v) is 3.97. The fraction of sp³-hybridized carbons (Fsp3) is 0.667. The van der Waals surface area contributed by atoms with Crippen LogP contribution in [0.1, 0.15) is 57.9 Å². The SMILES string of the molecule is CCCOc1ccc(CNC2CCCCC2)cc1OCC. The highest BCUT2D eigenvalue weighted by molar-refractivity contribution is 5.43. The third-order valence-electron chi connectivity index (χ3n) is 3.97. The summed E-state index contributed by atoms with van der Waals surface area (Å²) < 4.78 is 11.5. The van der Waals surface area contributed by atoms with Crippen LogP contribution in [0, 0.1) is 0 Å². The molecule has 0 bridgehead atoms. The summed E-state index contributed by atoms with van der Waals surface area (Å²) in [5, 5.41) is 3.67. The van der Waals surface area contributed by atoms with Crippen molar-refractivity contribution in [3.63, 3.8) is 0 Å². The minimum absolute atomic E-state index is 0.669. The first-order valence-electron chi connectivity index (χ1n) is 8.45. The zero-order valence-electron chi connectivity index (χ0n) is 13.5. The van der Waals surface area contributed by atoms with E-state index in [1.165, 1.54) is 37.7 Å². The van der Waals surface area contributed by atoms with Gasteiger partial charge in [-0.25, -0.2) is 0 Å². The quantitative estimate of drug-likeness (QED) is 0.774. The third kappa shape index (κ3) is 5.24. The van der Waals surface area contributed by atoms with Crippen molar-refractivity contribution >= 4 is 0 Å². The Morgan fingerprint density at radius 2 is 1.86 bits per heavy atom. The lowest BCUT2D eigenvalue weighted by Gasteiger charge is -2.23. The Kier molecular flexibility index (Phi) is 6.87. The maximum absolute atomic E-state index is 5.74. The van der Waals surface area contributed by atoms with Crippen LogP contribution >= 0.6 is 0 Å². The lowest BCUT2D eigenvalue weighted by molar-refractivity contribution is 0.276. The second-order valence-corrected chi connectivity index (χ2v) is 5.78. The average Bonchev–Trinajstić information content (AvgIpc) is 2.53. The van der Waals surface area contributed by atoms with Gasteiger partial charge in [0.25, 0.3) is 0 Å². The van der Waals surface area contributed by atoms with Crippen molar-refractivity contribution in [3.8, 4) is 11.5 Å². The molecular weight excluding hydrogens is 262 g/mol. The Labute approximate surface area is 129 Å². The largest absolute Gasteiger partial charge is 0.490 e. The molecule has 21 heavy (non-hydrogen) atoms. The smallest absolute Gasteiger partial charge is 0.161 e. The van der Waals surface area contributed by atoms with Crippen LogP contribution < -0.4 is 14.8 Å². The van der Waals surface area contributed by atoms with Crippen LogP contribution in [0.5, 0.6) is 11.5 Å². The first-order valence-corrected chi connectivity index (χ1v) is 8.45. The van der Waals surface area contributed by atoms with Crippen molar-refractivity contribution < 1.29 is 9.47 Å². The molecule has 0 atom stereocenters. The van der Waals surface area contributed by atoms with Crippen LogP contribution in [-0.4, -0.2) is 19.3 Å². The summed E-state index contributed by atoms with van der Waals surface area (Å²) in [5.41, 5.74) is 1.27. The number of benzene rings is 1. The first-order chi connectivity index (χ1) is 10.3. The molecule has 1 aliphatic carbocycles. The van der Waals surface area contributed by atoms with Crippen LogP contribution in [0.3, 0.4) is 0 Å². The van der Waals surface area contributed by atoms with E-state index in [0.29, 0.717) is 12.6 Å². The van der Waals surface area contributed by atoms with Gasteiger partial charge in [-0.1, -0.05) is 32.3 Å². The van der Waals surface area contributed by atoms with E-state index in [-0.39, 0.29) is 0 Å². The van der Waals surface area contributed by atoms with Gasteiger partial charge in [0.15, 0.2) is 11.5 Å². The second-order valence-electron chi connectivity index (χ2n) is 5.78. The van der Waals surface area contributed by atoms with Gasteiger partial charge in [0.2, 0.25) is 0 Å². The van der Waals surface area contributed by atoms with E-state index in [0.717, 1.165) is 31.1 Å². The molecule has 0 spiro atoms. The standard InChI is InChI=1S/C18H29NO2/c1-3-12-21-17-11-10-15(13-18(17)20-4-2)14-19-16-8-6-5-7-9-16/h10-11,13,16,19H,3-9,12,14H2,1-2H3. The molecule has 1 fully saturated rings. The minimum atomic E-state index is 0.669. The monoisotopic (exact) mass is 291 g/mol. The summed E-state index contributed by atoms with van der Waals surface area (Å²) in [6.45, 7) is 6.44. The molecule has 118 valence electrons. The molecule has 0 heterocycles. The van der Waals surface area contributed by atoms with E-state index in [2.05, 4.69) is 24.4 Å². The number of hydrogen-bond acceptors (Lipinski definition) is 3. The Morgan fingerprint density at radius 3 is 2.57 bits per heavy atom. The molecule has 1 N–H and O–H groups in total. The van der Waals surface area contributed by atoms with Crippen molar-refractivity contribution in [1.82, 2.24) is 5.32 Å². The normalized spacial score (nSPS) is 15.9. The summed E-state index contributed by atoms with van der Waals surface area (Å²) in [6.07, 6.45) is 7.77. The summed E-state index contributed by atoms with van der Waals surface area (Å²) >= 11 is 0. The van der Waals surface area contributed by atoms with Gasteiger partial charge >= 0.3 is 0 Å². The van der Waals surface area contributed by atoms with Gasteiger partial charge in [0.1, 0.15) is 0 Å². The zero-order chi connectivity index (χ0) is 14.9. The summed E-state index contributed by atoms with van der Waals surface area (Å²) in [6, 6.07) is 6.98. The molecule has 0 amide bonds. The maximum Gasteiger partial charge on any atom is 0.161 e. The molecule has 0 saturated heterocycles. The summed E-state index contributed by atoms with van der Waals surface area (Å²) in [5.74, 6) is 1.73. The van der Waals surface area contributed by atoms with Crippen molar-refractivity contribution in [2.24, 2.45) is 0 Å². The molecule has 1 aliphatic rings. The Morgan fingerprint density at radius 1 is 1.05 bits per heavy atom. The van der Waals surface area contributed by atoms with Crippen LogP contribution in [0.25, 0.3) is 0 Å². The van der Waals surface area contributed by atoms with E-state index in [4.69, 9.17) is 9.47 Å². The molecule has 0 radical (unpaired) electrons. The van der Waals surface area contributed by atoms with Crippen LogP contribution in [0.15, 0.2) is 18.2 Å². The summed E-state index contributed by atoms with van der Waals surface area (Å²) in [4.78, 5) is 0. The van der Waals surface area contributed by atoms with Gasteiger partial charge in [-0.2, -0.15) is 0 Å². The van der Waals surface area contributed by atoms with Crippen molar-refractivity contribution in [1.29, 1.82) is 0 Å². The molecule has 0 unspecified atom stereocenters. The number of nitrogens with one attached hydrogen (secondary N) is 1. The molecule has 1 aromatic rings. The van der Waals surface area contributed by atoms with Gasteiger partial charge in [-0.05, 0) is 43.9 Å². The van der Waals surface area contributed by atoms with Gasteiger partial charge < -0.3 is 14.8 Å². The number of hydrogen-bond donors (Lipinski definition) is 1. The predicted octanol–water partition coefficient (Wildman–Crippen LogP) is 4.30. The Hall–Kier alpha value is -1.22. The van der Waals surface area contributed by atoms with E-state index >= 15 is 0 Å².